The highest BCUT2D eigenvalue weighted by atomic mass is 127. The summed E-state index contributed by atoms with van der Waals surface area (Å²) in [5.41, 5.74) is 4.58. The molecule has 2 aromatic rings. The summed E-state index contributed by atoms with van der Waals surface area (Å²) in [5, 5.41) is 11.2. The number of hydrogen-bond donors (Lipinski definition) is 2. The molecule has 1 saturated heterocycles. The number of aryl methyl sites for hydroxylation is 2. The predicted molar refractivity (Wildman–Crippen MR) is 121 cm³/mol. The van der Waals surface area contributed by atoms with Crippen molar-refractivity contribution >= 4 is 35.8 Å². The Kier molecular flexibility index (Phi) is 7.88. The lowest BCUT2D eigenvalue weighted by Crippen LogP contribution is -2.36. The van der Waals surface area contributed by atoms with Gasteiger partial charge in [-0.25, -0.2) is 4.98 Å². The van der Waals surface area contributed by atoms with Gasteiger partial charge in [0.2, 0.25) is 0 Å². The average molecular weight is 483 g/mol. The van der Waals surface area contributed by atoms with Gasteiger partial charge in [0.25, 0.3) is 0 Å². The van der Waals surface area contributed by atoms with Crippen molar-refractivity contribution in [3.8, 4) is 0 Å². The largest absolute Gasteiger partial charge is 0.357 e. The zero-order valence-corrected chi connectivity index (χ0v) is 18.9. The molecule has 0 spiro atoms. The lowest BCUT2D eigenvalue weighted by molar-refractivity contribution is 0.728. The number of nitrogens with one attached hydrogen (secondary N) is 2. The van der Waals surface area contributed by atoms with Gasteiger partial charge in [-0.1, -0.05) is 6.07 Å². The van der Waals surface area contributed by atoms with E-state index in [4.69, 9.17) is 0 Å². The first-order valence-corrected chi connectivity index (χ1v) is 9.22. The molecule has 3 rings (SSSR count). The molecule has 0 unspecified atom stereocenters. The number of guanidine groups is 1. The standard InChI is InChI=1S/C19H29N7.HI/c1-14-17(15(2)25(4)24-14)13-23-19(20-3)22-12-16-7-8-18(21-11-16)26-9-5-6-10-26;/h7-8,11H,5-6,9-10,12-13H2,1-4H3,(H2,20,22,23);1H. The third-order valence-electron chi connectivity index (χ3n) is 5.01. The van der Waals surface area contributed by atoms with E-state index in [-0.39, 0.29) is 24.0 Å². The monoisotopic (exact) mass is 483 g/mol. The Morgan fingerprint density at radius 2 is 1.85 bits per heavy atom. The normalized spacial score (nSPS) is 14.2. The Bertz CT molecular complexity index is 761. The molecular formula is C19H30IN7. The third kappa shape index (κ3) is 5.33. The summed E-state index contributed by atoms with van der Waals surface area (Å²) in [6.45, 7) is 7.76. The van der Waals surface area contributed by atoms with Crippen LogP contribution in [0.2, 0.25) is 0 Å². The van der Waals surface area contributed by atoms with Gasteiger partial charge in [0.1, 0.15) is 5.82 Å². The van der Waals surface area contributed by atoms with Crippen LogP contribution < -0.4 is 15.5 Å². The van der Waals surface area contributed by atoms with Gasteiger partial charge in [0.15, 0.2) is 5.96 Å². The second-order valence-corrected chi connectivity index (χ2v) is 6.77. The van der Waals surface area contributed by atoms with E-state index in [1.807, 2.05) is 24.9 Å². The van der Waals surface area contributed by atoms with Crippen molar-refractivity contribution in [2.24, 2.45) is 12.0 Å². The van der Waals surface area contributed by atoms with Gasteiger partial charge >= 0.3 is 0 Å². The molecule has 3 heterocycles. The van der Waals surface area contributed by atoms with Crippen molar-refractivity contribution in [3.05, 3.63) is 40.8 Å². The van der Waals surface area contributed by atoms with Crippen LogP contribution in [0.25, 0.3) is 0 Å². The highest BCUT2D eigenvalue weighted by molar-refractivity contribution is 14.0. The fourth-order valence-corrected chi connectivity index (χ4v) is 3.31. The minimum Gasteiger partial charge on any atom is -0.357 e. The van der Waals surface area contributed by atoms with E-state index in [9.17, 15) is 0 Å². The van der Waals surface area contributed by atoms with Crippen molar-refractivity contribution in [2.45, 2.75) is 39.8 Å². The number of anilines is 1. The van der Waals surface area contributed by atoms with E-state index in [1.165, 1.54) is 24.1 Å². The maximum absolute atomic E-state index is 4.60. The molecule has 0 atom stereocenters. The molecule has 0 amide bonds. The van der Waals surface area contributed by atoms with E-state index in [0.717, 1.165) is 36.1 Å². The molecule has 148 valence electrons. The summed E-state index contributed by atoms with van der Waals surface area (Å²) in [6.07, 6.45) is 4.48. The molecule has 1 aliphatic rings. The Morgan fingerprint density at radius 1 is 1.15 bits per heavy atom. The molecule has 0 radical (unpaired) electrons. The fraction of sp³-hybridized carbons (Fsp3) is 0.526. The smallest absolute Gasteiger partial charge is 0.191 e. The SMILES string of the molecule is CN=C(NCc1ccc(N2CCCC2)nc1)NCc1c(C)nn(C)c1C.I. The molecule has 8 heteroatoms. The van der Waals surface area contributed by atoms with E-state index >= 15 is 0 Å². The van der Waals surface area contributed by atoms with Crippen LogP contribution in [0.1, 0.15) is 35.4 Å². The molecule has 2 aromatic heterocycles. The van der Waals surface area contributed by atoms with E-state index in [1.54, 1.807) is 7.05 Å². The number of halogens is 1. The Balaban J connectivity index is 0.00000261. The number of aliphatic imine (C=N–C) groups is 1. The maximum Gasteiger partial charge on any atom is 0.191 e. The van der Waals surface area contributed by atoms with Crippen LogP contribution in [0.5, 0.6) is 0 Å². The van der Waals surface area contributed by atoms with Crippen molar-refractivity contribution in [1.29, 1.82) is 0 Å². The minimum absolute atomic E-state index is 0. The molecule has 2 N–H and O–H groups in total. The highest BCUT2D eigenvalue weighted by Gasteiger charge is 2.13. The Morgan fingerprint density at radius 3 is 2.41 bits per heavy atom. The second kappa shape index (κ2) is 9.91. The molecule has 1 aliphatic heterocycles. The maximum atomic E-state index is 4.60. The van der Waals surface area contributed by atoms with E-state index in [2.05, 4.69) is 49.7 Å². The molecule has 0 aromatic carbocycles. The van der Waals surface area contributed by atoms with Gasteiger partial charge in [-0.3, -0.25) is 9.67 Å². The lowest BCUT2D eigenvalue weighted by atomic mass is 10.2. The molecular weight excluding hydrogens is 453 g/mol. The first-order chi connectivity index (χ1) is 12.6. The summed E-state index contributed by atoms with van der Waals surface area (Å²) in [6, 6.07) is 4.25. The van der Waals surface area contributed by atoms with Crippen molar-refractivity contribution < 1.29 is 0 Å². The average Bonchev–Trinajstić information content (AvgIpc) is 3.26. The molecule has 7 nitrogen and oxygen atoms in total. The number of aromatic nitrogens is 3. The predicted octanol–water partition coefficient (Wildman–Crippen LogP) is 2.52. The summed E-state index contributed by atoms with van der Waals surface area (Å²) < 4.78 is 1.91. The number of rotatable bonds is 5. The van der Waals surface area contributed by atoms with E-state index in [0.29, 0.717) is 13.1 Å². The van der Waals surface area contributed by atoms with Crippen molar-refractivity contribution in [2.75, 3.05) is 25.0 Å². The van der Waals surface area contributed by atoms with Crippen molar-refractivity contribution in [3.63, 3.8) is 0 Å². The first-order valence-electron chi connectivity index (χ1n) is 9.22. The summed E-state index contributed by atoms with van der Waals surface area (Å²) in [4.78, 5) is 11.2. The van der Waals surface area contributed by atoms with Gasteiger partial charge < -0.3 is 15.5 Å². The molecule has 1 fully saturated rings. The summed E-state index contributed by atoms with van der Waals surface area (Å²) >= 11 is 0. The second-order valence-electron chi connectivity index (χ2n) is 6.77. The van der Waals surface area contributed by atoms with Crippen LogP contribution in [0.15, 0.2) is 23.3 Å². The van der Waals surface area contributed by atoms with Crippen LogP contribution in [-0.4, -0.2) is 40.9 Å². The quantitative estimate of drug-likeness (QED) is 0.389. The summed E-state index contributed by atoms with van der Waals surface area (Å²) in [7, 11) is 3.75. The van der Waals surface area contributed by atoms with Crippen LogP contribution in [0, 0.1) is 13.8 Å². The van der Waals surface area contributed by atoms with Crippen LogP contribution in [-0.2, 0) is 20.1 Å². The zero-order chi connectivity index (χ0) is 18.5. The lowest BCUT2D eigenvalue weighted by Gasteiger charge is -2.16. The van der Waals surface area contributed by atoms with E-state index < -0.39 is 0 Å². The van der Waals surface area contributed by atoms with Crippen LogP contribution >= 0.6 is 24.0 Å². The first kappa shape index (κ1) is 21.5. The van der Waals surface area contributed by atoms with Gasteiger partial charge in [-0.05, 0) is 38.3 Å². The Labute approximate surface area is 178 Å². The number of nitrogens with zero attached hydrogens (tertiary/aromatic N) is 5. The minimum atomic E-state index is 0. The van der Waals surface area contributed by atoms with Crippen molar-refractivity contribution in [1.82, 2.24) is 25.4 Å². The summed E-state index contributed by atoms with van der Waals surface area (Å²) in [5.74, 6) is 1.85. The third-order valence-corrected chi connectivity index (χ3v) is 5.01. The molecule has 27 heavy (non-hydrogen) atoms. The van der Waals surface area contributed by atoms with Crippen LogP contribution in [0.3, 0.4) is 0 Å². The molecule has 0 aliphatic carbocycles. The zero-order valence-electron chi connectivity index (χ0n) is 16.6. The van der Waals surface area contributed by atoms with Gasteiger partial charge in [0.05, 0.1) is 5.69 Å². The van der Waals surface area contributed by atoms with Gasteiger partial charge in [0, 0.05) is 57.7 Å². The number of hydrogen-bond acceptors (Lipinski definition) is 4. The fourth-order valence-electron chi connectivity index (χ4n) is 3.31. The topological polar surface area (TPSA) is 70.4 Å². The number of pyridine rings is 1. The van der Waals surface area contributed by atoms with Crippen LogP contribution in [0.4, 0.5) is 5.82 Å². The highest BCUT2D eigenvalue weighted by Crippen LogP contribution is 2.17. The molecule has 0 bridgehead atoms. The van der Waals surface area contributed by atoms with Gasteiger partial charge in [-0.2, -0.15) is 5.10 Å². The molecule has 0 saturated carbocycles. The Hall–Kier alpha value is -1.84. The van der Waals surface area contributed by atoms with Gasteiger partial charge in [-0.15, -0.1) is 24.0 Å².